The van der Waals surface area contributed by atoms with Crippen LogP contribution in [0.25, 0.3) is 0 Å². The van der Waals surface area contributed by atoms with Gasteiger partial charge in [-0.2, -0.15) is 0 Å². The lowest BCUT2D eigenvalue weighted by molar-refractivity contribution is 0.529. The van der Waals surface area contributed by atoms with Crippen LogP contribution in [0.4, 0.5) is 4.39 Å². The van der Waals surface area contributed by atoms with Crippen LogP contribution in [-0.4, -0.2) is 21.5 Å². The van der Waals surface area contributed by atoms with Crippen LogP contribution in [0.1, 0.15) is 5.56 Å². The molecule has 0 unspecified atom stereocenters. The first-order chi connectivity index (χ1) is 8.25. The molecule has 90 valence electrons. The number of benzene rings is 1. The maximum atomic E-state index is 13.3. The first-order valence-electron chi connectivity index (χ1n) is 5.24. The number of aromatic nitrogens is 3. The summed E-state index contributed by atoms with van der Waals surface area (Å²) in [5.41, 5.74) is 0.566. The minimum atomic E-state index is -0.248. The highest BCUT2D eigenvalue weighted by Gasteiger charge is 2.02. The predicted molar refractivity (Wildman–Crippen MR) is 63.1 cm³/mol. The fourth-order valence-corrected chi connectivity index (χ4v) is 1.64. The van der Waals surface area contributed by atoms with Crippen molar-refractivity contribution in [2.75, 3.05) is 6.54 Å². The van der Waals surface area contributed by atoms with Crippen LogP contribution in [0.3, 0.4) is 0 Å². The average molecular weight is 255 g/mol. The van der Waals surface area contributed by atoms with Crippen molar-refractivity contribution in [1.29, 1.82) is 0 Å². The van der Waals surface area contributed by atoms with Gasteiger partial charge < -0.3 is 5.32 Å². The Hall–Kier alpha value is -1.46. The quantitative estimate of drug-likeness (QED) is 0.829. The second-order valence-electron chi connectivity index (χ2n) is 3.58. The topological polar surface area (TPSA) is 42.7 Å². The minimum absolute atomic E-state index is 0.248. The Labute approximate surface area is 103 Å². The molecule has 0 fully saturated rings. The van der Waals surface area contributed by atoms with Gasteiger partial charge in [-0.05, 0) is 18.2 Å². The fraction of sp³-hybridized carbons (Fsp3) is 0.273. The van der Waals surface area contributed by atoms with E-state index >= 15 is 0 Å². The van der Waals surface area contributed by atoms with E-state index in [1.54, 1.807) is 23.1 Å². The van der Waals surface area contributed by atoms with Crippen molar-refractivity contribution in [3.8, 4) is 0 Å². The Morgan fingerprint density at radius 1 is 1.41 bits per heavy atom. The van der Waals surface area contributed by atoms with Crippen molar-refractivity contribution < 1.29 is 4.39 Å². The van der Waals surface area contributed by atoms with Crippen LogP contribution in [-0.2, 0) is 13.1 Å². The first kappa shape index (κ1) is 12.0. The number of halogens is 2. The van der Waals surface area contributed by atoms with Crippen molar-refractivity contribution in [3.05, 3.63) is 47.0 Å². The molecule has 0 radical (unpaired) electrons. The van der Waals surface area contributed by atoms with Gasteiger partial charge in [-0.3, -0.25) is 4.68 Å². The molecule has 1 N–H and O–H groups in total. The SMILES string of the molecule is Fc1ccc(Cl)cc1CNCCn1ccnn1. The molecule has 17 heavy (non-hydrogen) atoms. The van der Waals surface area contributed by atoms with E-state index in [4.69, 9.17) is 11.6 Å². The lowest BCUT2D eigenvalue weighted by atomic mass is 10.2. The third kappa shape index (κ3) is 3.51. The van der Waals surface area contributed by atoms with E-state index in [9.17, 15) is 4.39 Å². The van der Waals surface area contributed by atoms with Gasteiger partial charge in [0.05, 0.1) is 12.7 Å². The van der Waals surface area contributed by atoms with Gasteiger partial charge in [-0.25, -0.2) is 4.39 Å². The molecule has 0 saturated carbocycles. The number of nitrogens with one attached hydrogen (secondary N) is 1. The van der Waals surface area contributed by atoms with Crippen LogP contribution in [0.2, 0.25) is 5.02 Å². The van der Waals surface area contributed by atoms with Crippen LogP contribution >= 0.6 is 11.6 Å². The first-order valence-corrected chi connectivity index (χ1v) is 5.62. The standard InChI is InChI=1S/C11H12ClFN4/c12-10-1-2-11(13)9(7-10)8-14-3-5-17-6-4-15-16-17/h1-2,4,6-7,14H,3,5,8H2. The van der Waals surface area contributed by atoms with Crippen LogP contribution in [0.15, 0.2) is 30.6 Å². The molecule has 1 aromatic heterocycles. The Morgan fingerprint density at radius 3 is 3.06 bits per heavy atom. The molecule has 0 aliphatic carbocycles. The van der Waals surface area contributed by atoms with E-state index in [2.05, 4.69) is 15.6 Å². The second-order valence-corrected chi connectivity index (χ2v) is 4.02. The summed E-state index contributed by atoms with van der Waals surface area (Å²) in [4.78, 5) is 0. The molecule has 0 aliphatic rings. The number of hydrogen-bond donors (Lipinski definition) is 1. The molecule has 0 spiro atoms. The van der Waals surface area contributed by atoms with E-state index in [1.165, 1.54) is 12.1 Å². The average Bonchev–Trinajstić information content (AvgIpc) is 2.82. The molecule has 0 saturated heterocycles. The zero-order chi connectivity index (χ0) is 12.1. The highest BCUT2D eigenvalue weighted by atomic mass is 35.5. The minimum Gasteiger partial charge on any atom is -0.311 e. The maximum Gasteiger partial charge on any atom is 0.127 e. The molecule has 0 bridgehead atoms. The van der Waals surface area contributed by atoms with E-state index in [-0.39, 0.29) is 5.82 Å². The Morgan fingerprint density at radius 2 is 2.29 bits per heavy atom. The molecule has 1 heterocycles. The van der Waals surface area contributed by atoms with Gasteiger partial charge in [0.2, 0.25) is 0 Å². The zero-order valence-electron chi connectivity index (χ0n) is 9.11. The van der Waals surface area contributed by atoms with Gasteiger partial charge >= 0.3 is 0 Å². The summed E-state index contributed by atoms with van der Waals surface area (Å²) in [6.07, 6.45) is 3.40. The predicted octanol–water partition coefficient (Wildman–Crippen LogP) is 1.86. The van der Waals surface area contributed by atoms with Crippen LogP contribution in [0.5, 0.6) is 0 Å². The van der Waals surface area contributed by atoms with Gasteiger partial charge in [0.15, 0.2) is 0 Å². The number of rotatable bonds is 5. The van der Waals surface area contributed by atoms with Crippen molar-refractivity contribution in [1.82, 2.24) is 20.3 Å². The van der Waals surface area contributed by atoms with Gasteiger partial charge in [-0.1, -0.05) is 16.8 Å². The van der Waals surface area contributed by atoms with Crippen molar-refractivity contribution >= 4 is 11.6 Å². The van der Waals surface area contributed by atoms with Gasteiger partial charge in [0, 0.05) is 29.9 Å². The summed E-state index contributed by atoms with van der Waals surface area (Å²) in [6, 6.07) is 4.53. The third-order valence-corrected chi connectivity index (χ3v) is 2.55. The highest BCUT2D eigenvalue weighted by molar-refractivity contribution is 6.30. The number of hydrogen-bond acceptors (Lipinski definition) is 3. The Bertz CT molecular complexity index is 472. The highest BCUT2D eigenvalue weighted by Crippen LogP contribution is 2.14. The smallest absolute Gasteiger partial charge is 0.127 e. The lowest BCUT2D eigenvalue weighted by Gasteiger charge is -2.06. The van der Waals surface area contributed by atoms with E-state index in [1.807, 2.05) is 0 Å². The van der Waals surface area contributed by atoms with Gasteiger partial charge in [-0.15, -0.1) is 5.10 Å². The monoisotopic (exact) mass is 254 g/mol. The third-order valence-electron chi connectivity index (χ3n) is 2.31. The summed E-state index contributed by atoms with van der Waals surface area (Å²) < 4.78 is 15.1. The molecule has 4 nitrogen and oxygen atoms in total. The molecular weight excluding hydrogens is 243 g/mol. The van der Waals surface area contributed by atoms with Crippen LogP contribution in [0, 0.1) is 5.82 Å². The van der Waals surface area contributed by atoms with Gasteiger partial charge in [0.1, 0.15) is 5.82 Å². The van der Waals surface area contributed by atoms with E-state index in [0.717, 1.165) is 0 Å². The Balaban J connectivity index is 1.80. The molecule has 0 aliphatic heterocycles. The number of nitrogens with zero attached hydrogens (tertiary/aromatic N) is 3. The molecule has 2 rings (SSSR count). The van der Waals surface area contributed by atoms with Gasteiger partial charge in [0.25, 0.3) is 0 Å². The van der Waals surface area contributed by atoms with E-state index < -0.39 is 0 Å². The molecular formula is C11H12ClFN4. The normalized spacial score (nSPS) is 10.7. The van der Waals surface area contributed by atoms with E-state index in [0.29, 0.717) is 30.2 Å². The summed E-state index contributed by atoms with van der Waals surface area (Å²) >= 11 is 5.79. The molecule has 2 aromatic rings. The summed E-state index contributed by atoms with van der Waals surface area (Å²) in [5, 5.41) is 11.2. The molecule has 0 atom stereocenters. The van der Waals surface area contributed by atoms with Crippen LogP contribution < -0.4 is 5.32 Å². The largest absolute Gasteiger partial charge is 0.311 e. The summed E-state index contributed by atoms with van der Waals surface area (Å²) in [5.74, 6) is -0.248. The van der Waals surface area contributed by atoms with Crippen molar-refractivity contribution in [2.24, 2.45) is 0 Å². The molecule has 1 aromatic carbocycles. The summed E-state index contributed by atoms with van der Waals surface area (Å²) in [7, 11) is 0. The Kier molecular flexibility index (Phi) is 4.06. The zero-order valence-corrected chi connectivity index (χ0v) is 9.86. The maximum absolute atomic E-state index is 13.3. The summed E-state index contributed by atoms with van der Waals surface area (Å²) in [6.45, 7) is 1.83. The fourth-order valence-electron chi connectivity index (χ4n) is 1.45. The lowest BCUT2D eigenvalue weighted by Crippen LogP contribution is -2.20. The van der Waals surface area contributed by atoms with Crippen molar-refractivity contribution in [2.45, 2.75) is 13.1 Å². The second kappa shape index (κ2) is 5.75. The van der Waals surface area contributed by atoms with Crippen molar-refractivity contribution in [3.63, 3.8) is 0 Å². The molecule has 0 amide bonds. The molecule has 6 heteroatoms.